The Labute approximate surface area is 118 Å². The minimum Gasteiger partial charge on any atom is -0.444 e. The first-order chi connectivity index (χ1) is 9.39. The van der Waals surface area contributed by atoms with Gasteiger partial charge in [-0.1, -0.05) is 30.3 Å². The summed E-state index contributed by atoms with van der Waals surface area (Å²) in [7, 11) is 0. The number of epoxide rings is 2. The lowest BCUT2D eigenvalue weighted by Crippen LogP contribution is -2.45. The molecule has 5 heteroatoms. The van der Waals surface area contributed by atoms with Crippen molar-refractivity contribution in [2.24, 2.45) is 0 Å². The first-order valence-corrected chi connectivity index (χ1v) is 6.78. The van der Waals surface area contributed by atoms with E-state index in [1.54, 1.807) is 0 Å². The molecule has 2 saturated heterocycles. The molecule has 0 spiro atoms. The van der Waals surface area contributed by atoms with Gasteiger partial charge in [0.2, 0.25) is 12.1 Å². The Hall–Kier alpha value is -1.59. The number of rotatable bonds is 4. The van der Waals surface area contributed by atoms with E-state index in [1.165, 1.54) is 0 Å². The van der Waals surface area contributed by atoms with E-state index in [9.17, 15) is 4.79 Å². The lowest BCUT2D eigenvalue weighted by Gasteiger charge is -2.23. The Morgan fingerprint density at radius 1 is 1.35 bits per heavy atom. The molecule has 5 nitrogen and oxygen atoms in total. The summed E-state index contributed by atoms with van der Waals surface area (Å²) in [5, 5.41) is 2.85. The third-order valence-corrected chi connectivity index (χ3v) is 3.26. The Bertz CT molecular complexity index is 502. The van der Waals surface area contributed by atoms with Crippen LogP contribution in [0.25, 0.3) is 0 Å². The first-order valence-electron chi connectivity index (χ1n) is 6.78. The van der Waals surface area contributed by atoms with Crippen LogP contribution >= 0.6 is 0 Å². The molecule has 0 bridgehead atoms. The van der Waals surface area contributed by atoms with E-state index < -0.39 is 17.5 Å². The molecule has 2 heterocycles. The van der Waals surface area contributed by atoms with Crippen molar-refractivity contribution in [1.82, 2.24) is 5.32 Å². The molecule has 1 aromatic carbocycles. The fourth-order valence-electron chi connectivity index (χ4n) is 2.20. The highest BCUT2D eigenvalue weighted by molar-refractivity contribution is 5.68. The molecular weight excluding hydrogens is 258 g/mol. The summed E-state index contributed by atoms with van der Waals surface area (Å²) in [6, 6.07) is 9.69. The largest absolute Gasteiger partial charge is 0.444 e. The second kappa shape index (κ2) is 4.46. The fraction of sp³-hybridized carbons (Fsp3) is 0.533. The second-order valence-corrected chi connectivity index (χ2v) is 6.18. The van der Waals surface area contributed by atoms with E-state index in [2.05, 4.69) is 5.32 Å². The van der Waals surface area contributed by atoms with Gasteiger partial charge in [0, 0.05) is 0 Å². The van der Waals surface area contributed by atoms with Gasteiger partial charge in [-0.15, -0.1) is 0 Å². The Morgan fingerprint density at radius 2 is 1.95 bits per heavy atom. The number of ether oxygens (including phenoxy) is 3. The molecular formula is C15H19NO4. The quantitative estimate of drug-likeness (QED) is 0.857. The van der Waals surface area contributed by atoms with E-state index in [0.29, 0.717) is 6.42 Å². The van der Waals surface area contributed by atoms with Crippen LogP contribution in [0, 0.1) is 0 Å². The van der Waals surface area contributed by atoms with Gasteiger partial charge in [0.15, 0.2) is 0 Å². The molecule has 2 aliphatic rings. The molecule has 108 valence electrons. The number of fused-ring (bicyclic) bond motifs is 1. The topological polar surface area (TPSA) is 63.4 Å². The van der Waals surface area contributed by atoms with Crippen LogP contribution in [0.15, 0.2) is 30.3 Å². The second-order valence-electron chi connectivity index (χ2n) is 6.18. The Morgan fingerprint density at radius 3 is 2.45 bits per heavy atom. The van der Waals surface area contributed by atoms with Gasteiger partial charge < -0.3 is 19.5 Å². The van der Waals surface area contributed by atoms with Crippen LogP contribution in [0.4, 0.5) is 4.79 Å². The van der Waals surface area contributed by atoms with Crippen LogP contribution in [0.2, 0.25) is 0 Å². The zero-order chi connectivity index (χ0) is 14.4. The van der Waals surface area contributed by atoms with Crippen molar-refractivity contribution in [3.05, 3.63) is 35.9 Å². The number of hydrogen-bond donors (Lipinski definition) is 1. The molecule has 3 rings (SSSR count). The number of alkyl carbamates (subject to hydrolysis) is 1. The van der Waals surface area contributed by atoms with E-state index in [-0.39, 0.29) is 12.3 Å². The van der Waals surface area contributed by atoms with Crippen LogP contribution in [-0.4, -0.2) is 29.8 Å². The smallest absolute Gasteiger partial charge is 0.408 e. The molecule has 20 heavy (non-hydrogen) atoms. The fourth-order valence-corrected chi connectivity index (χ4v) is 2.20. The highest BCUT2D eigenvalue weighted by Gasteiger charge is 2.81. The standard InChI is InChI=1S/C15H19NO4/c1-14(2,3)20-13(17)16-11(15-12(18-15)19-15)9-10-7-5-4-6-8-10/h4-8,11-12H,9H2,1-3H3,(H,16,17)/t11-,12?,15?/m0/s1. The molecule has 0 radical (unpaired) electrons. The van der Waals surface area contributed by atoms with Crippen LogP contribution < -0.4 is 5.32 Å². The maximum absolute atomic E-state index is 11.9. The number of carbonyl (C=O) groups excluding carboxylic acids is 1. The van der Waals surface area contributed by atoms with Crippen molar-refractivity contribution in [3.8, 4) is 0 Å². The molecule has 2 fully saturated rings. The zero-order valence-electron chi connectivity index (χ0n) is 11.9. The molecule has 0 aliphatic carbocycles. The van der Waals surface area contributed by atoms with Crippen molar-refractivity contribution in [1.29, 1.82) is 0 Å². The SMILES string of the molecule is CC(C)(C)OC(=O)N[C@@H](Cc1ccccc1)C12OC1O2. The van der Waals surface area contributed by atoms with Gasteiger partial charge >= 0.3 is 6.09 Å². The number of amides is 1. The van der Waals surface area contributed by atoms with Gasteiger partial charge in [0.1, 0.15) is 5.60 Å². The predicted molar refractivity (Wildman–Crippen MR) is 72.0 cm³/mol. The molecule has 0 aromatic heterocycles. The van der Waals surface area contributed by atoms with E-state index in [0.717, 1.165) is 5.56 Å². The number of hydrogen-bond acceptors (Lipinski definition) is 4. The average Bonchev–Trinajstić information content (AvgIpc) is 3.15. The van der Waals surface area contributed by atoms with Gasteiger partial charge in [-0.25, -0.2) is 4.79 Å². The minimum atomic E-state index is -0.618. The van der Waals surface area contributed by atoms with Crippen molar-refractivity contribution < 1.29 is 19.0 Å². The summed E-state index contributed by atoms with van der Waals surface area (Å²) >= 11 is 0. The molecule has 0 saturated carbocycles. The molecule has 1 atom stereocenters. The lowest BCUT2D eigenvalue weighted by molar-refractivity contribution is -0.0675. The zero-order valence-corrected chi connectivity index (χ0v) is 11.9. The normalized spacial score (nSPS) is 28.2. The van der Waals surface area contributed by atoms with E-state index >= 15 is 0 Å². The van der Waals surface area contributed by atoms with Crippen molar-refractivity contribution in [3.63, 3.8) is 0 Å². The predicted octanol–water partition coefficient (Wildman–Crippen LogP) is 2.21. The molecule has 1 aromatic rings. The highest BCUT2D eigenvalue weighted by Crippen LogP contribution is 2.58. The van der Waals surface area contributed by atoms with Crippen LogP contribution in [0.3, 0.4) is 0 Å². The number of carbonyl (C=O) groups is 1. The third kappa shape index (κ3) is 2.78. The van der Waals surface area contributed by atoms with Crippen molar-refractivity contribution in [2.45, 2.75) is 50.9 Å². The molecule has 2 aliphatic heterocycles. The first kappa shape index (κ1) is 13.4. The van der Waals surface area contributed by atoms with Crippen molar-refractivity contribution >= 4 is 6.09 Å². The van der Waals surface area contributed by atoms with Gasteiger partial charge in [0.05, 0.1) is 6.04 Å². The monoisotopic (exact) mass is 277 g/mol. The lowest BCUT2D eigenvalue weighted by atomic mass is 10.0. The summed E-state index contributed by atoms with van der Waals surface area (Å²) in [4.78, 5) is 11.9. The molecule has 0 unspecified atom stereocenters. The van der Waals surface area contributed by atoms with Crippen LogP contribution in [0.1, 0.15) is 26.3 Å². The van der Waals surface area contributed by atoms with Crippen LogP contribution in [-0.2, 0) is 20.6 Å². The third-order valence-electron chi connectivity index (χ3n) is 3.26. The minimum absolute atomic E-state index is 0.161. The summed E-state index contributed by atoms with van der Waals surface area (Å²) < 4.78 is 16.0. The van der Waals surface area contributed by atoms with Gasteiger partial charge in [-0.3, -0.25) is 0 Å². The molecule has 1 N–H and O–H groups in total. The van der Waals surface area contributed by atoms with E-state index in [1.807, 2.05) is 51.1 Å². The highest BCUT2D eigenvalue weighted by atomic mass is 17.0. The summed E-state index contributed by atoms with van der Waals surface area (Å²) in [6.07, 6.45) is 0.0417. The van der Waals surface area contributed by atoms with Crippen LogP contribution in [0.5, 0.6) is 0 Å². The summed E-state index contributed by atoms with van der Waals surface area (Å²) in [6.45, 7) is 5.50. The number of nitrogens with one attached hydrogen (secondary N) is 1. The Kier molecular flexibility index (Phi) is 2.99. The van der Waals surface area contributed by atoms with Gasteiger partial charge in [0.25, 0.3) is 0 Å². The number of benzene rings is 1. The maximum Gasteiger partial charge on any atom is 0.408 e. The van der Waals surface area contributed by atoms with Gasteiger partial charge in [-0.05, 0) is 32.8 Å². The van der Waals surface area contributed by atoms with E-state index in [4.69, 9.17) is 14.2 Å². The van der Waals surface area contributed by atoms with Crippen molar-refractivity contribution in [2.75, 3.05) is 0 Å². The summed E-state index contributed by atoms with van der Waals surface area (Å²) in [5.41, 5.74) is 0.598. The summed E-state index contributed by atoms with van der Waals surface area (Å²) in [5.74, 6) is -0.618. The molecule has 1 amide bonds. The van der Waals surface area contributed by atoms with Gasteiger partial charge in [-0.2, -0.15) is 0 Å². The maximum atomic E-state index is 11.9. The average molecular weight is 277 g/mol. The Balaban J connectivity index is 1.64.